The molecule has 0 spiro atoms. The molecule has 1 N–H and O–H groups in total. The van der Waals surface area contributed by atoms with E-state index < -0.39 is 12.3 Å². The van der Waals surface area contributed by atoms with E-state index in [0.717, 1.165) is 6.92 Å². The van der Waals surface area contributed by atoms with Crippen LogP contribution in [0.1, 0.15) is 31.1 Å². The fourth-order valence-electron chi connectivity index (χ4n) is 1.24. The molecule has 19 heavy (non-hydrogen) atoms. The van der Waals surface area contributed by atoms with Crippen molar-refractivity contribution in [1.82, 2.24) is 0 Å². The first-order valence-electron chi connectivity index (χ1n) is 6.04. The largest absolute Gasteiger partial charge is 0.481 e. The van der Waals surface area contributed by atoms with Gasteiger partial charge in [0, 0.05) is 25.7 Å². The first-order chi connectivity index (χ1) is 9.02. The van der Waals surface area contributed by atoms with Gasteiger partial charge in [-0.05, 0) is 13.8 Å². The highest BCUT2D eigenvalue weighted by atomic mass is 16.7. The van der Waals surface area contributed by atoms with Crippen LogP contribution >= 0.6 is 0 Å². The Labute approximate surface area is 113 Å². The second-order valence-electron chi connectivity index (χ2n) is 3.49. The van der Waals surface area contributed by atoms with E-state index in [1.807, 2.05) is 32.0 Å². The molecule has 5 nitrogen and oxygen atoms in total. The van der Waals surface area contributed by atoms with Gasteiger partial charge in [0.15, 0.2) is 0 Å². The molecule has 0 heterocycles. The predicted molar refractivity (Wildman–Crippen MR) is 71.1 cm³/mol. The van der Waals surface area contributed by atoms with E-state index in [4.69, 9.17) is 19.4 Å². The SMILES string of the molecule is CC(=O)O.CCOC(OCC)C(=O)c1ccccc1. The van der Waals surface area contributed by atoms with E-state index in [9.17, 15) is 4.79 Å². The van der Waals surface area contributed by atoms with E-state index in [0.29, 0.717) is 18.8 Å². The van der Waals surface area contributed by atoms with Gasteiger partial charge in [-0.3, -0.25) is 9.59 Å². The van der Waals surface area contributed by atoms with Crippen LogP contribution in [0, 0.1) is 0 Å². The maximum Gasteiger partial charge on any atom is 0.300 e. The van der Waals surface area contributed by atoms with Crippen LogP contribution in [0.5, 0.6) is 0 Å². The third-order valence-electron chi connectivity index (χ3n) is 1.91. The lowest BCUT2D eigenvalue weighted by Crippen LogP contribution is -2.27. The number of Topliss-reactive ketones (excluding diaryl/α,β-unsaturated/α-hetero) is 1. The molecule has 0 aliphatic carbocycles. The van der Waals surface area contributed by atoms with Gasteiger partial charge in [0.2, 0.25) is 12.1 Å². The first-order valence-corrected chi connectivity index (χ1v) is 6.04. The molecule has 0 radical (unpaired) electrons. The van der Waals surface area contributed by atoms with Gasteiger partial charge in [-0.2, -0.15) is 0 Å². The summed E-state index contributed by atoms with van der Waals surface area (Å²) in [5.74, 6) is -0.959. The lowest BCUT2D eigenvalue weighted by Gasteiger charge is -2.15. The summed E-state index contributed by atoms with van der Waals surface area (Å²) < 4.78 is 10.5. The van der Waals surface area contributed by atoms with Gasteiger partial charge in [0.1, 0.15) is 0 Å². The zero-order chi connectivity index (χ0) is 14.7. The molecule has 0 amide bonds. The smallest absolute Gasteiger partial charge is 0.300 e. The van der Waals surface area contributed by atoms with Crippen molar-refractivity contribution in [3.8, 4) is 0 Å². The molecule has 0 saturated heterocycles. The molecule has 0 unspecified atom stereocenters. The van der Waals surface area contributed by atoms with E-state index in [1.165, 1.54) is 0 Å². The average Bonchev–Trinajstić information content (AvgIpc) is 2.38. The quantitative estimate of drug-likeness (QED) is 0.633. The van der Waals surface area contributed by atoms with E-state index in [1.54, 1.807) is 12.1 Å². The molecule has 0 aliphatic heterocycles. The van der Waals surface area contributed by atoms with Crippen molar-refractivity contribution in [2.24, 2.45) is 0 Å². The summed E-state index contributed by atoms with van der Waals surface area (Å²) in [6.45, 7) is 5.68. The highest BCUT2D eigenvalue weighted by Crippen LogP contribution is 2.07. The number of hydrogen-bond acceptors (Lipinski definition) is 4. The molecule has 0 aliphatic rings. The van der Waals surface area contributed by atoms with Gasteiger partial charge in [-0.25, -0.2) is 0 Å². The molecule has 0 atom stereocenters. The van der Waals surface area contributed by atoms with Crippen LogP contribution in [0.2, 0.25) is 0 Å². The van der Waals surface area contributed by atoms with E-state index in [2.05, 4.69) is 0 Å². The molecule has 0 saturated carbocycles. The fraction of sp³-hybridized carbons (Fsp3) is 0.429. The molecule has 1 aromatic carbocycles. The molecule has 106 valence electrons. The lowest BCUT2D eigenvalue weighted by atomic mass is 10.1. The van der Waals surface area contributed by atoms with Crippen LogP contribution < -0.4 is 0 Å². The van der Waals surface area contributed by atoms with Gasteiger partial charge in [-0.15, -0.1) is 0 Å². The van der Waals surface area contributed by atoms with Gasteiger partial charge in [-0.1, -0.05) is 30.3 Å². The Kier molecular flexibility index (Phi) is 9.30. The Balaban J connectivity index is 0.000000711. The average molecular weight is 268 g/mol. The van der Waals surface area contributed by atoms with Crippen molar-refractivity contribution in [3.05, 3.63) is 35.9 Å². The number of carboxylic acids is 1. The fourth-order valence-corrected chi connectivity index (χ4v) is 1.24. The standard InChI is InChI=1S/C12H16O3.C2H4O2/c1-3-14-12(15-4-2)11(13)10-8-6-5-7-9-10;1-2(3)4/h5-9,12H,3-4H2,1-2H3;1H3,(H,3,4). The van der Waals surface area contributed by atoms with Crippen LogP contribution in [-0.2, 0) is 14.3 Å². The topological polar surface area (TPSA) is 72.8 Å². The molecule has 1 aromatic rings. The van der Waals surface area contributed by atoms with Crippen molar-refractivity contribution in [2.45, 2.75) is 27.1 Å². The number of rotatable bonds is 6. The van der Waals surface area contributed by atoms with E-state index in [-0.39, 0.29) is 5.78 Å². The predicted octanol–water partition coefficient (Wildman–Crippen LogP) is 2.36. The zero-order valence-electron chi connectivity index (χ0n) is 11.5. The monoisotopic (exact) mass is 268 g/mol. The van der Waals surface area contributed by atoms with Crippen LogP contribution in [-0.4, -0.2) is 36.4 Å². The third kappa shape index (κ3) is 8.07. The number of carbonyl (C=O) groups is 2. The summed E-state index contributed by atoms with van der Waals surface area (Å²) in [5, 5.41) is 7.42. The number of ether oxygens (including phenoxy) is 2. The zero-order valence-corrected chi connectivity index (χ0v) is 11.5. The number of benzene rings is 1. The normalized spacial score (nSPS) is 9.68. The Hall–Kier alpha value is -1.72. The summed E-state index contributed by atoms with van der Waals surface area (Å²) >= 11 is 0. The van der Waals surface area contributed by atoms with Crippen LogP contribution in [0.25, 0.3) is 0 Å². The van der Waals surface area contributed by atoms with Crippen molar-refractivity contribution >= 4 is 11.8 Å². The minimum absolute atomic E-state index is 0.126. The minimum Gasteiger partial charge on any atom is -0.481 e. The van der Waals surface area contributed by atoms with Crippen LogP contribution in [0.15, 0.2) is 30.3 Å². The van der Waals surface area contributed by atoms with Crippen LogP contribution in [0.3, 0.4) is 0 Å². The Bertz CT molecular complexity index is 365. The highest BCUT2D eigenvalue weighted by molar-refractivity contribution is 5.98. The molecule has 5 heteroatoms. The highest BCUT2D eigenvalue weighted by Gasteiger charge is 2.19. The van der Waals surface area contributed by atoms with Gasteiger partial charge in [0.25, 0.3) is 5.97 Å². The summed E-state index contributed by atoms with van der Waals surface area (Å²) in [6.07, 6.45) is -0.776. The Morgan fingerprint density at radius 2 is 1.53 bits per heavy atom. The summed E-state index contributed by atoms with van der Waals surface area (Å²) in [4.78, 5) is 20.9. The summed E-state index contributed by atoms with van der Waals surface area (Å²) in [7, 11) is 0. The van der Waals surface area contributed by atoms with Crippen molar-refractivity contribution < 1.29 is 24.2 Å². The van der Waals surface area contributed by atoms with Gasteiger partial charge in [0.05, 0.1) is 0 Å². The molecule has 1 rings (SSSR count). The molecule has 0 aromatic heterocycles. The maximum atomic E-state index is 11.9. The third-order valence-corrected chi connectivity index (χ3v) is 1.91. The lowest BCUT2D eigenvalue weighted by molar-refractivity contribution is -0.134. The molecular weight excluding hydrogens is 248 g/mol. The number of aliphatic carboxylic acids is 1. The number of carboxylic acid groups (broad SMARTS) is 1. The molecular formula is C14H20O5. The van der Waals surface area contributed by atoms with Crippen molar-refractivity contribution in [1.29, 1.82) is 0 Å². The van der Waals surface area contributed by atoms with Gasteiger partial charge >= 0.3 is 0 Å². The molecule has 0 bridgehead atoms. The maximum absolute atomic E-state index is 11.9. The van der Waals surface area contributed by atoms with Crippen LogP contribution in [0.4, 0.5) is 0 Å². The molecule has 0 fully saturated rings. The number of ketones is 1. The number of hydrogen-bond donors (Lipinski definition) is 1. The minimum atomic E-state index is -0.833. The Morgan fingerprint density at radius 1 is 1.11 bits per heavy atom. The van der Waals surface area contributed by atoms with Crippen molar-refractivity contribution in [2.75, 3.05) is 13.2 Å². The van der Waals surface area contributed by atoms with Gasteiger partial charge < -0.3 is 14.6 Å². The second-order valence-corrected chi connectivity index (χ2v) is 3.49. The summed E-state index contributed by atoms with van der Waals surface area (Å²) in [6, 6.07) is 9.03. The second kappa shape index (κ2) is 10.2. The number of carbonyl (C=O) groups excluding carboxylic acids is 1. The Morgan fingerprint density at radius 3 is 1.89 bits per heavy atom. The summed E-state index contributed by atoms with van der Waals surface area (Å²) in [5.41, 5.74) is 0.615. The van der Waals surface area contributed by atoms with E-state index >= 15 is 0 Å². The first kappa shape index (κ1) is 17.3. The van der Waals surface area contributed by atoms with Crippen molar-refractivity contribution in [3.63, 3.8) is 0 Å².